The van der Waals surface area contributed by atoms with E-state index in [9.17, 15) is 19.3 Å². The summed E-state index contributed by atoms with van der Waals surface area (Å²) >= 11 is 3.37. The molecule has 0 aliphatic rings. The maximum Gasteiger partial charge on any atom is 0.312 e. The second-order valence-electron chi connectivity index (χ2n) is 7.70. The Hall–Kier alpha value is -3.86. The Kier molecular flexibility index (Phi) is 6.55. The zero-order chi connectivity index (χ0) is 24.4. The van der Waals surface area contributed by atoms with Crippen molar-refractivity contribution < 1.29 is 14.1 Å². The minimum Gasteiger partial charge on any atom is -0.304 e. The highest BCUT2D eigenvalue weighted by molar-refractivity contribution is 9.10. The molecular formula is C23H20BrFN6O3. The van der Waals surface area contributed by atoms with Crippen molar-refractivity contribution in [1.29, 1.82) is 0 Å². The van der Waals surface area contributed by atoms with Gasteiger partial charge < -0.3 is 5.32 Å². The topological polar surface area (TPSA) is 108 Å². The van der Waals surface area contributed by atoms with E-state index in [1.165, 1.54) is 10.7 Å². The van der Waals surface area contributed by atoms with Gasteiger partial charge in [0.05, 0.1) is 22.5 Å². The highest BCUT2D eigenvalue weighted by Crippen LogP contribution is 2.24. The van der Waals surface area contributed by atoms with E-state index in [0.29, 0.717) is 39.4 Å². The lowest BCUT2D eigenvalue weighted by Gasteiger charge is -2.07. The lowest BCUT2D eigenvalue weighted by Crippen LogP contribution is -2.13. The van der Waals surface area contributed by atoms with Gasteiger partial charge >= 0.3 is 5.69 Å². The minimum absolute atomic E-state index is 0.0102. The van der Waals surface area contributed by atoms with E-state index in [0.717, 1.165) is 5.56 Å². The first-order valence-corrected chi connectivity index (χ1v) is 11.1. The highest BCUT2D eigenvalue weighted by atomic mass is 79.9. The van der Waals surface area contributed by atoms with Crippen molar-refractivity contribution in [2.75, 3.05) is 5.32 Å². The van der Waals surface area contributed by atoms with E-state index in [2.05, 4.69) is 31.4 Å². The zero-order valence-electron chi connectivity index (χ0n) is 18.3. The van der Waals surface area contributed by atoms with Gasteiger partial charge in [-0.2, -0.15) is 10.2 Å². The van der Waals surface area contributed by atoms with Crippen LogP contribution in [0.5, 0.6) is 0 Å². The molecule has 0 bridgehead atoms. The molecule has 1 N–H and O–H groups in total. The van der Waals surface area contributed by atoms with Crippen LogP contribution in [0, 0.1) is 29.8 Å². The molecule has 4 aromatic rings. The number of aryl methyl sites for hydroxylation is 1. The van der Waals surface area contributed by atoms with Crippen LogP contribution < -0.4 is 5.32 Å². The van der Waals surface area contributed by atoms with Gasteiger partial charge in [-0.25, -0.2) is 4.39 Å². The monoisotopic (exact) mass is 526 g/mol. The molecule has 0 atom stereocenters. The normalized spacial score (nSPS) is 10.9. The maximum atomic E-state index is 13.9. The molecule has 34 heavy (non-hydrogen) atoms. The van der Waals surface area contributed by atoms with Crippen molar-refractivity contribution in [2.45, 2.75) is 26.9 Å². The third kappa shape index (κ3) is 4.88. The number of amides is 1. The van der Waals surface area contributed by atoms with E-state index in [-0.39, 0.29) is 24.0 Å². The van der Waals surface area contributed by atoms with Gasteiger partial charge in [0.2, 0.25) is 0 Å². The summed E-state index contributed by atoms with van der Waals surface area (Å²) in [6.45, 7) is 3.82. The number of carbonyl (C=O) groups is 1. The summed E-state index contributed by atoms with van der Waals surface area (Å²) in [6, 6.07) is 13.3. The van der Waals surface area contributed by atoms with Gasteiger partial charge in [-0.1, -0.05) is 30.3 Å². The molecule has 2 aromatic carbocycles. The number of halogens is 2. The van der Waals surface area contributed by atoms with E-state index < -0.39 is 4.92 Å². The van der Waals surface area contributed by atoms with Crippen molar-refractivity contribution in [3.63, 3.8) is 0 Å². The molecule has 0 spiro atoms. The van der Waals surface area contributed by atoms with Crippen LogP contribution in [0.2, 0.25) is 0 Å². The number of benzene rings is 2. The number of hydrogen-bond donors (Lipinski definition) is 1. The maximum absolute atomic E-state index is 13.9. The summed E-state index contributed by atoms with van der Waals surface area (Å²) in [6.07, 6.45) is 1.67. The van der Waals surface area contributed by atoms with Crippen LogP contribution in [0.15, 0.2) is 59.2 Å². The van der Waals surface area contributed by atoms with Gasteiger partial charge in [0.1, 0.15) is 17.2 Å². The van der Waals surface area contributed by atoms with Gasteiger partial charge in [-0.3, -0.25) is 24.3 Å². The Labute approximate surface area is 202 Å². The molecule has 2 heterocycles. The molecule has 9 nitrogen and oxygen atoms in total. The molecule has 1 amide bonds. The number of rotatable bonds is 7. The largest absolute Gasteiger partial charge is 0.312 e. The fraction of sp³-hybridized carbons (Fsp3) is 0.174. The average Bonchev–Trinajstić information content (AvgIpc) is 3.27. The number of carbonyl (C=O) groups excluding carboxylic acids is 1. The summed E-state index contributed by atoms with van der Waals surface area (Å²) < 4.78 is 17.6. The first kappa shape index (κ1) is 23.3. The van der Waals surface area contributed by atoms with Crippen molar-refractivity contribution in [3.8, 4) is 0 Å². The number of nitro groups is 1. The van der Waals surface area contributed by atoms with Crippen LogP contribution >= 0.6 is 15.9 Å². The third-order valence-corrected chi connectivity index (χ3v) is 5.89. The molecule has 0 radical (unpaired) electrons. The Balaban J connectivity index is 1.44. The molecule has 4 rings (SSSR count). The number of hydrogen-bond acceptors (Lipinski definition) is 5. The number of nitrogens with one attached hydrogen (secondary N) is 1. The fourth-order valence-corrected chi connectivity index (χ4v) is 4.00. The Morgan fingerprint density at radius 1 is 1.12 bits per heavy atom. The molecule has 0 aliphatic carbocycles. The number of nitrogens with zero attached hydrogens (tertiary/aromatic N) is 5. The SMILES string of the molecule is Cc1nn(Cc2ccc(C(=O)Nc3nn(Cc4ccccc4F)cc3Br)cc2)c(C)c1[N+](=O)[O-]. The highest BCUT2D eigenvalue weighted by Gasteiger charge is 2.21. The molecule has 11 heteroatoms. The Bertz CT molecular complexity index is 1380. The van der Waals surface area contributed by atoms with Gasteiger partial charge in [0.25, 0.3) is 5.91 Å². The van der Waals surface area contributed by atoms with Crippen LogP contribution in [0.3, 0.4) is 0 Å². The molecule has 0 fully saturated rings. The summed E-state index contributed by atoms with van der Waals surface area (Å²) in [5.74, 6) is -0.361. The summed E-state index contributed by atoms with van der Waals surface area (Å²) in [5.41, 5.74) is 2.58. The van der Waals surface area contributed by atoms with E-state index in [1.54, 1.807) is 67.2 Å². The van der Waals surface area contributed by atoms with Crippen LogP contribution in [-0.2, 0) is 13.1 Å². The first-order chi connectivity index (χ1) is 16.2. The van der Waals surface area contributed by atoms with Crippen LogP contribution in [0.1, 0.15) is 32.9 Å². The van der Waals surface area contributed by atoms with Gasteiger partial charge in [0, 0.05) is 17.3 Å². The fourth-order valence-electron chi connectivity index (χ4n) is 3.58. The van der Waals surface area contributed by atoms with Crippen molar-refractivity contribution in [3.05, 3.63) is 103 Å². The van der Waals surface area contributed by atoms with Gasteiger partial charge in [0.15, 0.2) is 5.82 Å². The Morgan fingerprint density at radius 2 is 1.82 bits per heavy atom. The summed E-state index contributed by atoms with van der Waals surface area (Å²) in [7, 11) is 0. The molecule has 174 valence electrons. The van der Waals surface area contributed by atoms with Crippen LogP contribution in [-0.4, -0.2) is 30.4 Å². The lowest BCUT2D eigenvalue weighted by atomic mass is 10.1. The van der Waals surface area contributed by atoms with E-state index in [4.69, 9.17) is 0 Å². The van der Waals surface area contributed by atoms with Crippen LogP contribution in [0.25, 0.3) is 0 Å². The quantitative estimate of drug-likeness (QED) is 0.273. The Morgan fingerprint density at radius 3 is 2.47 bits per heavy atom. The smallest absolute Gasteiger partial charge is 0.304 e. The van der Waals surface area contributed by atoms with E-state index >= 15 is 0 Å². The number of anilines is 1. The third-order valence-electron chi connectivity index (χ3n) is 5.31. The zero-order valence-corrected chi connectivity index (χ0v) is 19.9. The van der Waals surface area contributed by atoms with Crippen molar-refractivity contribution in [2.24, 2.45) is 0 Å². The predicted octanol–water partition coefficient (Wildman–Crippen LogP) is 4.86. The van der Waals surface area contributed by atoms with E-state index in [1.807, 2.05) is 0 Å². The summed E-state index contributed by atoms with van der Waals surface area (Å²) in [4.78, 5) is 23.5. The lowest BCUT2D eigenvalue weighted by molar-refractivity contribution is -0.386. The van der Waals surface area contributed by atoms with Crippen molar-refractivity contribution >= 4 is 33.3 Å². The molecule has 0 saturated heterocycles. The second kappa shape index (κ2) is 9.56. The molecule has 0 unspecified atom stereocenters. The molecule has 2 aromatic heterocycles. The second-order valence-corrected chi connectivity index (χ2v) is 8.55. The summed E-state index contributed by atoms with van der Waals surface area (Å²) in [5, 5.41) is 22.5. The predicted molar refractivity (Wildman–Crippen MR) is 127 cm³/mol. The molecule has 0 saturated carbocycles. The molecular weight excluding hydrogens is 507 g/mol. The van der Waals surface area contributed by atoms with Gasteiger partial charge in [-0.15, -0.1) is 0 Å². The average molecular weight is 527 g/mol. The minimum atomic E-state index is -0.433. The number of aromatic nitrogens is 4. The van der Waals surface area contributed by atoms with Crippen LogP contribution in [0.4, 0.5) is 15.9 Å². The first-order valence-electron chi connectivity index (χ1n) is 10.3. The van der Waals surface area contributed by atoms with Gasteiger partial charge in [-0.05, 0) is 53.5 Å². The van der Waals surface area contributed by atoms with Crippen molar-refractivity contribution in [1.82, 2.24) is 19.6 Å². The standard InChI is InChI=1S/C23H20BrFN6O3/c1-14-21(31(33)34)15(2)30(27-14)11-16-7-9-17(10-8-16)23(32)26-22-19(24)13-29(28-22)12-18-5-3-4-6-20(18)25/h3-10,13H,11-12H2,1-2H3,(H,26,28,32). The molecule has 0 aliphatic heterocycles.